The van der Waals surface area contributed by atoms with Crippen molar-refractivity contribution < 1.29 is 17.2 Å². The van der Waals surface area contributed by atoms with E-state index < -0.39 is 22.0 Å². The molecule has 0 bridgehead atoms. The molecule has 1 saturated heterocycles. The number of aromatic nitrogens is 4. The van der Waals surface area contributed by atoms with Gasteiger partial charge in [-0.2, -0.15) is 0 Å². The predicted molar refractivity (Wildman–Crippen MR) is 112 cm³/mol. The molecule has 2 aromatic rings. The van der Waals surface area contributed by atoms with Gasteiger partial charge in [-0.3, -0.25) is 5.41 Å². The van der Waals surface area contributed by atoms with Crippen molar-refractivity contribution in [2.75, 3.05) is 30.0 Å². The van der Waals surface area contributed by atoms with Crippen LogP contribution in [0.3, 0.4) is 0 Å². The maximum atomic E-state index is 12.4. The van der Waals surface area contributed by atoms with Gasteiger partial charge in [-0.05, 0) is 37.3 Å². The number of nitrogens with one attached hydrogen (secondary N) is 2. The van der Waals surface area contributed by atoms with Gasteiger partial charge < -0.3 is 9.88 Å². The normalized spacial score (nSPS) is 17.7. The number of nitrogens with zero attached hydrogens (tertiary/aromatic N) is 4. The van der Waals surface area contributed by atoms with Gasteiger partial charge >= 0.3 is 0 Å². The second kappa shape index (κ2) is 9.41. The molecule has 11 heteroatoms. The monoisotopic (exact) mass is 438 g/mol. The summed E-state index contributed by atoms with van der Waals surface area (Å²) in [5.41, 5.74) is 0.426. The van der Waals surface area contributed by atoms with Gasteiger partial charge in [-0.15, -0.1) is 0 Å². The average Bonchev–Trinajstić information content (AvgIpc) is 3.19. The van der Waals surface area contributed by atoms with Gasteiger partial charge in [0, 0.05) is 25.4 Å². The first-order chi connectivity index (χ1) is 14.2. The zero-order chi connectivity index (χ0) is 21.7. The minimum absolute atomic E-state index is 0.188. The van der Waals surface area contributed by atoms with Crippen molar-refractivity contribution in [1.82, 2.24) is 19.9 Å². The van der Waals surface area contributed by atoms with E-state index in [0.717, 1.165) is 37.8 Å². The molecule has 0 aliphatic carbocycles. The Balaban J connectivity index is 1.70. The molecule has 1 unspecified atom stereocenters. The molecule has 1 aliphatic rings. The first-order valence-electron chi connectivity index (χ1n) is 9.56. The lowest BCUT2D eigenvalue weighted by molar-refractivity contribution is 0.226. The second-order valence-electron chi connectivity index (χ2n) is 7.41. The molecular formula is C19H24F2N6O2S. The average molecular weight is 439 g/mol. The zero-order valence-corrected chi connectivity index (χ0v) is 17.4. The number of halogens is 2. The van der Waals surface area contributed by atoms with E-state index in [9.17, 15) is 17.2 Å². The number of rotatable bonds is 8. The van der Waals surface area contributed by atoms with Crippen LogP contribution in [0.5, 0.6) is 0 Å². The van der Waals surface area contributed by atoms with Gasteiger partial charge in [0.1, 0.15) is 27.8 Å². The van der Waals surface area contributed by atoms with Crippen LogP contribution in [-0.4, -0.2) is 65.6 Å². The van der Waals surface area contributed by atoms with Crippen LogP contribution in [0.1, 0.15) is 25.1 Å². The molecule has 8 nitrogen and oxygen atoms in total. The fourth-order valence-corrected chi connectivity index (χ4v) is 4.11. The van der Waals surface area contributed by atoms with Gasteiger partial charge in [0.15, 0.2) is 0 Å². The summed E-state index contributed by atoms with van der Waals surface area (Å²) in [7, 11) is -2.98. The Morgan fingerprint density at radius 2 is 2.20 bits per heavy atom. The molecule has 2 N–H and O–H groups in total. The van der Waals surface area contributed by atoms with Crippen LogP contribution in [0.25, 0.3) is 17.5 Å². The topological polar surface area (TPSA) is 116 Å². The van der Waals surface area contributed by atoms with E-state index in [0.29, 0.717) is 29.6 Å². The molecular weight excluding hydrogens is 414 g/mol. The van der Waals surface area contributed by atoms with Gasteiger partial charge in [-0.1, -0.05) is 0 Å². The number of sulfone groups is 1. The summed E-state index contributed by atoms with van der Waals surface area (Å²) in [4.78, 5) is 17.8. The minimum atomic E-state index is -2.98. The van der Waals surface area contributed by atoms with Crippen molar-refractivity contribution in [2.45, 2.75) is 25.7 Å². The standard InChI is InChI=1S/C19H24F2N6O2S/c1-30(28,29)8-6-13-3-2-7-27(11-13)18-9-15(24-12-25-18)16-10-23-17(26-16)5-4-14(22)19(20)21/h4-5,9-10,12-13,19,22H,2-3,6-8,11H2,1H3,(H,23,26)/b5-4-,22-14?. The lowest BCUT2D eigenvalue weighted by Gasteiger charge is -2.33. The smallest absolute Gasteiger partial charge is 0.279 e. The highest BCUT2D eigenvalue weighted by Crippen LogP contribution is 2.26. The number of anilines is 1. The van der Waals surface area contributed by atoms with Crippen LogP contribution in [-0.2, 0) is 9.84 Å². The number of alkyl halides is 2. The molecule has 0 saturated carbocycles. The Bertz CT molecular complexity index is 1020. The summed E-state index contributed by atoms with van der Waals surface area (Å²) >= 11 is 0. The van der Waals surface area contributed by atoms with Crippen molar-refractivity contribution in [3.05, 3.63) is 30.5 Å². The van der Waals surface area contributed by atoms with Crippen LogP contribution in [0.15, 0.2) is 24.7 Å². The van der Waals surface area contributed by atoms with Crippen molar-refractivity contribution in [3.8, 4) is 11.4 Å². The number of piperidine rings is 1. The summed E-state index contributed by atoms with van der Waals surface area (Å²) in [6, 6.07) is 1.82. The SMILES string of the molecule is CS(=O)(=O)CCC1CCCN(c2cc(-c3cnc(/C=C\C(=N)C(F)F)[nH]3)ncn2)C1. The number of hydrogen-bond acceptors (Lipinski definition) is 7. The molecule has 0 radical (unpaired) electrons. The fraction of sp³-hybridized carbons (Fsp3) is 0.474. The van der Waals surface area contributed by atoms with E-state index in [4.69, 9.17) is 5.41 Å². The Morgan fingerprint density at radius 3 is 2.93 bits per heavy atom. The Kier molecular flexibility index (Phi) is 6.91. The van der Waals surface area contributed by atoms with E-state index in [1.54, 1.807) is 6.20 Å². The van der Waals surface area contributed by atoms with E-state index in [1.807, 2.05) is 6.07 Å². The number of hydrogen-bond donors (Lipinski definition) is 2. The molecule has 0 aromatic carbocycles. The van der Waals surface area contributed by atoms with Crippen LogP contribution < -0.4 is 4.90 Å². The van der Waals surface area contributed by atoms with E-state index in [-0.39, 0.29) is 5.75 Å². The summed E-state index contributed by atoms with van der Waals surface area (Å²) in [6.45, 7) is 1.57. The summed E-state index contributed by atoms with van der Waals surface area (Å²) in [5.74, 6) is 1.57. The third-order valence-corrected chi connectivity index (χ3v) is 5.90. The van der Waals surface area contributed by atoms with Crippen molar-refractivity contribution in [1.29, 1.82) is 5.41 Å². The molecule has 30 heavy (non-hydrogen) atoms. The van der Waals surface area contributed by atoms with Crippen molar-refractivity contribution in [2.24, 2.45) is 5.92 Å². The summed E-state index contributed by atoms with van der Waals surface area (Å²) in [6.07, 6.45) is 6.34. The number of imidazole rings is 1. The lowest BCUT2D eigenvalue weighted by Crippen LogP contribution is -2.36. The zero-order valence-electron chi connectivity index (χ0n) is 16.6. The summed E-state index contributed by atoms with van der Waals surface area (Å²) < 4.78 is 47.7. The first kappa shape index (κ1) is 22.0. The molecule has 1 atom stereocenters. The van der Waals surface area contributed by atoms with Gasteiger partial charge in [0.25, 0.3) is 6.43 Å². The first-order valence-corrected chi connectivity index (χ1v) is 11.6. The molecule has 162 valence electrons. The Hall–Kier alpha value is -2.69. The largest absolute Gasteiger partial charge is 0.356 e. The van der Waals surface area contributed by atoms with E-state index in [1.165, 1.54) is 18.7 Å². The second-order valence-corrected chi connectivity index (χ2v) is 9.67. The molecule has 1 aliphatic heterocycles. The molecule has 3 heterocycles. The fourth-order valence-electron chi connectivity index (χ4n) is 3.35. The summed E-state index contributed by atoms with van der Waals surface area (Å²) in [5, 5.41) is 7.15. The minimum Gasteiger partial charge on any atom is -0.356 e. The third kappa shape index (κ3) is 6.15. The highest BCUT2D eigenvalue weighted by atomic mass is 32.2. The van der Waals surface area contributed by atoms with Crippen molar-refractivity contribution in [3.63, 3.8) is 0 Å². The highest BCUT2D eigenvalue weighted by molar-refractivity contribution is 7.90. The van der Waals surface area contributed by atoms with E-state index in [2.05, 4.69) is 24.8 Å². The van der Waals surface area contributed by atoms with Crippen LogP contribution in [0, 0.1) is 11.3 Å². The Labute approximate surface area is 173 Å². The number of H-pyrrole nitrogens is 1. The van der Waals surface area contributed by atoms with Crippen LogP contribution >= 0.6 is 0 Å². The number of allylic oxidation sites excluding steroid dienone is 1. The highest BCUT2D eigenvalue weighted by Gasteiger charge is 2.22. The van der Waals surface area contributed by atoms with Gasteiger partial charge in [-0.25, -0.2) is 32.2 Å². The van der Waals surface area contributed by atoms with E-state index >= 15 is 0 Å². The quantitative estimate of drug-likeness (QED) is 0.613. The predicted octanol–water partition coefficient (Wildman–Crippen LogP) is 2.82. The molecule has 1 fully saturated rings. The molecule has 3 rings (SSSR count). The van der Waals surface area contributed by atoms with Crippen molar-refractivity contribution >= 4 is 27.4 Å². The third-order valence-electron chi connectivity index (χ3n) is 4.92. The molecule has 0 amide bonds. The Morgan fingerprint density at radius 1 is 1.40 bits per heavy atom. The lowest BCUT2D eigenvalue weighted by atomic mass is 9.95. The maximum absolute atomic E-state index is 12.4. The maximum Gasteiger partial charge on any atom is 0.279 e. The van der Waals surface area contributed by atoms with Gasteiger partial charge in [0.05, 0.1) is 29.0 Å². The van der Waals surface area contributed by atoms with Crippen LogP contribution in [0.4, 0.5) is 14.6 Å². The number of aromatic amines is 1. The van der Waals surface area contributed by atoms with Gasteiger partial charge in [0.2, 0.25) is 0 Å². The molecule has 0 spiro atoms. The van der Waals surface area contributed by atoms with Crippen LogP contribution in [0.2, 0.25) is 0 Å². The molecule has 2 aromatic heterocycles.